The highest BCUT2D eigenvalue weighted by Gasteiger charge is 2.35. The maximum atomic E-state index is 2.43. The molecule has 0 atom stereocenters. The third-order valence-electron chi connectivity index (χ3n) is 2.42. The molecule has 1 aliphatic rings. The van der Waals surface area contributed by atoms with Crippen molar-refractivity contribution < 1.29 is 0 Å². The molecule has 11 heavy (non-hydrogen) atoms. The van der Waals surface area contributed by atoms with Crippen LogP contribution in [0.5, 0.6) is 0 Å². The SMILES string of the molecule is CN1CCN(C)C1C(C)(C)C. The van der Waals surface area contributed by atoms with Crippen molar-refractivity contribution in [2.24, 2.45) is 5.41 Å². The van der Waals surface area contributed by atoms with Crippen LogP contribution in [-0.4, -0.2) is 43.2 Å². The zero-order chi connectivity index (χ0) is 8.65. The van der Waals surface area contributed by atoms with Gasteiger partial charge < -0.3 is 0 Å². The molecule has 0 spiro atoms. The van der Waals surface area contributed by atoms with Crippen LogP contribution in [0.25, 0.3) is 0 Å². The molecule has 1 saturated heterocycles. The molecule has 1 aliphatic heterocycles. The van der Waals surface area contributed by atoms with E-state index in [0.29, 0.717) is 11.6 Å². The first-order valence-electron chi connectivity index (χ1n) is 4.33. The van der Waals surface area contributed by atoms with Crippen LogP contribution in [0.15, 0.2) is 0 Å². The van der Waals surface area contributed by atoms with Gasteiger partial charge in [-0.2, -0.15) is 0 Å². The van der Waals surface area contributed by atoms with Gasteiger partial charge in [0.05, 0.1) is 6.17 Å². The standard InChI is InChI=1S/C9H20N2/c1-9(2,3)8-10(4)6-7-11(8)5/h8H,6-7H2,1-5H3. The van der Waals surface area contributed by atoms with Crippen LogP contribution in [0, 0.1) is 5.41 Å². The molecule has 1 fully saturated rings. The van der Waals surface area contributed by atoms with Crippen molar-refractivity contribution in [3.05, 3.63) is 0 Å². The molecule has 0 amide bonds. The zero-order valence-corrected chi connectivity index (χ0v) is 8.39. The minimum Gasteiger partial charge on any atom is -0.289 e. The smallest absolute Gasteiger partial charge is 0.0668 e. The lowest BCUT2D eigenvalue weighted by atomic mass is 9.91. The first kappa shape index (κ1) is 9.01. The highest BCUT2D eigenvalue weighted by molar-refractivity contribution is 4.85. The quantitative estimate of drug-likeness (QED) is 0.520. The van der Waals surface area contributed by atoms with Crippen molar-refractivity contribution >= 4 is 0 Å². The molecule has 0 aromatic carbocycles. The molecule has 2 nitrogen and oxygen atoms in total. The predicted molar refractivity (Wildman–Crippen MR) is 48.5 cm³/mol. The second-order valence-corrected chi connectivity index (χ2v) is 4.70. The van der Waals surface area contributed by atoms with E-state index in [1.807, 2.05) is 0 Å². The molecule has 0 saturated carbocycles. The minimum absolute atomic E-state index is 0.375. The van der Waals surface area contributed by atoms with Gasteiger partial charge in [-0.05, 0) is 19.5 Å². The largest absolute Gasteiger partial charge is 0.289 e. The van der Waals surface area contributed by atoms with Gasteiger partial charge >= 0.3 is 0 Å². The van der Waals surface area contributed by atoms with Crippen molar-refractivity contribution in [3.8, 4) is 0 Å². The predicted octanol–water partition coefficient (Wildman–Crippen LogP) is 1.24. The summed E-state index contributed by atoms with van der Waals surface area (Å²) in [5.74, 6) is 0. The normalized spacial score (nSPS) is 24.8. The van der Waals surface area contributed by atoms with Crippen LogP contribution >= 0.6 is 0 Å². The molecule has 0 N–H and O–H groups in total. The van der Waals surface area contributed by atoms with Crippen molar-refractivity contribution in [1.82, 2.24) is 9.80 Å². The number of rotatable bonds is 0. The van der Waals surface area contributed by atoms with Crippen molar-refractivity contribution in [2.45, 2.75) is 26.9 Å². The van der Waals surface area contributed by atoms with Crippen LogP contribution in [-0.2, 0) is 0 Å². The van der Waals surface area contributed by atoms with Gasteiger partial charge in [-0.25, -0.2) is 0 Å². The lowest BCUT2D eigenvalue weighted by molar-refractivity contribution is 0.0708. The average molecular weight is 156 g/mol. The fourth-order valence-corrected chi connectivity index (χ4v) is 2.22. The minimum atomic E-state index is 0.375. The Morgan fingerprint density at radius 1 is 1.00 bits per heavy atom. The number of hydrogen-bond donors (Lipinski definition) is 0. The molecule has 0 unspecified atom stereocenters. The van der Waals surface area contributed by atoms with Gasteiger partial charge in [0.2, 0.25) is 0 Å². The number of nitrogens with zero attached hydrogens (tertiary/aromatic N) is 2. The summed E-state index contributed by atoms with van der Waals surface area (Å²) in [6.45, 7) is 9.32. The molecule has 2 heteroatoms. The third-order valence-corrected chi connectivity index (χ3v) is 2.42. The summed E-state index contributed by atoms with van der Waals surface area (Å²) in [6, 6.07) is 0. The highest BCUT2D eigenvalue weighted by atomic mass is 15.4. The Bertz CT molecular complexity index is 127. The molecular formula is C9H20N2. The van der Waals surface area contributed by atoms with Gasteiger partial charge in [-0.1, -0.05) is 20.8 Å². The molecule has 1 rings (SSSR count). The second-order valence-electron chi connectivity index (χ2n) is 4.70. The van der Waals surface area contributed by atoms with E-state index in [1.165, 1.54) is 13.1 Å². The van der Waals surface area contributed by atoms with E-state index in [4.69, 9.17) is 0 Å². The van der Waals surface area contributed by atoms with Crippen LogP contribution < -0.4 is 0 Å². The van der Waals surface area contributed by atoms with E-state index in [-0.39, 0.29) is 0 Å². The third kappa shape index (κ3) is 1.74. The second kappa shape index (κ2) is 2.76. The monoisotopic (exact) mass is 156 g/mol. The zero-order valence-electron chi connectivity index (χ0n) is 8.39. The van der Waals surface area contributed by atoms with E-state index in [1.54, 1.807) is 0 Å². The van der Waals surface area contributed by atoms with Crippen LogP contribution in [0.2, 0.25) is 0 Å². The van der Waals surface area contributed by atoms with E-state index in [0.717, 1.165) is 0 Å². The first-order valence-corrected chi connectivity index (χ1v) is 4.33. The summed E-state index contributed by atoms with van der Waals surface area (Å²) in [7, 11) is 4.42. The van der Waals surface area contributed by atoms with Crippen LogP contribution in [0.4, 0.5) is 0 Å². The van der Waals surface area contributed by atoms with Gasteiger partial charge in [0.1, 0.15) is 0 Å². The number of likely N-dealkylation sites (N-methyl/N-ethyl adjacent to an activating group) is 2. The Morgan fingerprint density at radius 2 is 1.36 bits per heavy atom. The number of hydrogen-bond acceptors (Lipinski definition) is 2. The maximum Gasteiger partial charge on any atom is 0.0668 e. The van der Waals surface area contributed by atoms with Gasteiger partial charge in [-0.15, -0.1) is 0 Å². The Kier molecular flexibility index (Phi) is 2.26. The van der Waals surface area contributed by atoms with E-state index in [2.05, 4.69) is 44.7 Å². The summed E-state index contributed by atoms with van der Waals surface area (Å²) in [5.41, 5.74) is 0.375. The Morgan fingerprint density at radius 3 is 1.55 bits per heavy atom. The summed E-state index contributed by atoms with van der Waals surface area (Å²) < 4.78 is 0. The Labute approximate surface area is 70.2 Å². The fraction of sp³-hybridized carbons (Fsp3) is 1.00. The molecule has 0 radical (unpaired) electrons. The van der Waals surface area contributed by atoms with E-state index < -0.39 is 0 Å². The first-order chi connectivity index (χ1) is 4.93. The molecular weight excluding hydrogens is 136 g/mol. The van der Waals surface area contributed by atoms with E-state index in [9.17, 15) is 0 Å². The summed E-state index contributed by atoms with van der Waals surface area (Å²) in [4.78, 5) is 4.86. The van der Waals surface area contributed by atoms with Crippen molar-refractivity contribution in [1.29, 1.82) is 0 Å². The molecule has 0 aliphatic carbocycles. The lowest BCUT2D eigenvalue weighted by Gasteiger charge is -2.36. The summed E-state index contributed by atoms with van der Waals surface area (Å²) in [5, 5.41) is 0. The lowest BCUT2D eigenvalue weighted by Crippen LogP contribution is -2.44. The molecule has 1 heterocycles. The maximum absolute atomic E-state index is 2.43. The van der Waals surface area contributed by atoms with Gasteiger partial charge in [0, 0.05) is 13.1 Å². The fourth-order valence-electron chi connectivity index (χ4n) is 2.22. The summed E-state index contributed by atoms with van der Waals surface area (Å²) >= 11 is 0. The molecule has 0 aromatic heterocycles. The van der Waals surface area contributed by atoms with Crippen molar-refractivity contribution in [3.63, 3.8) is 0 Å². The molecule has 66 valence electrons. The van der Waals surface area contributed by atoms with Crippen LogP contribution in [0.3, 0.4) is 0 Å². The topological polar surface area (TPSA) is 6.48 Å². The summed E-state index contributed by atoms with van der Waals surface area (Å²) in [6.07, 6.45) is 0.613. The highest BCUT2D eigenvalue weighted by Crippen LogP contribution is 2.28. The average Bonchev–Trinajstić information content (AvgIpc) is 2.08. The van der Waals surface area contributed by atoms with Crippen molar-refractivity contribution in [2.75, 3.05) is 27.2 Å². The van der Waals surface area contributed by atoms with Crippen LogP contribution in [0.1, 0.15) is 20.8 Å². The molecule has 0 bridgehead atoms. The van der Waals surface area contributed by atoms with Gasteiger partial charge in [0.25, 0.3) is 0 Å². The Hall–Kier alpha value is -0.0800. The van der Waals surface area contributed by atoms with Gasteiger partial charge in [-0.3, -0.25) is 9.80 Å². The van der Waals surface area contributed by atoms with Gasteiger partial charge in [0.15, 0.2) is 0 Å². The van der Waals surface area contributed by atoms with E-state index >= 15 is 0 Å². The molecule has 0 aromatic rings. The Balaban J connectivity index is 2.69.